The van der Waals surface area contributed by atoms with Gasteiger partial charge >= 0.3 is 18.4 Å². The Kier molecular flexibility index (Phi) is 11.6. The number of amides is 1. The molecule has 0 radical (unpaired) electrons. The Balaban J connectivity index is 2.03. The number of aromatic hydroxyl groups is 1. The fourth-order valence-electron chi connectivity index (χ4n) is 5.25. The van der Waals surface area contributed by atoms with Gasteiger partial charge in [-0.1, -0.05) is 37.3 Å². The molecule has 3 rings (SSSR count). The van der Waals surface area contributed by atoms with Crippen molar-refractivity contribution < 1.29 is 41.0 Å². The van der Waals surface area contributed by atoms with Crippen LogP contribution >= 0.6 is 0 Å². The van der Waals surface area contributed by atoms with Crippen molar-refractivity contribution in [2.45, 2.75) is 103 Å². The largest absolute Gasteiger partial charge is 0.505 e. The van der Waals surface area contributed by atoms with E-state index in [0.29, 0.717) is 25.0 Å². The minimum atomic E-state index is -5.02. The first-order valence-electron chi connectivity index (χ1n) is 14.9. The summed E-state index contributed by atoms with van der Waals surface area (Å²) in [7, 11) is 0. The maximum atomic E-state index is 13.6. The van der Waals surface area contributed by atoms with Gasteiger partial charge in [0, 0.05) is 24.7 Å². The minimum absolute atomic E-state index is 0.0210. The monoisotopic (exact) mass is 654 g/mol. The fourth-order valence-corrected chi connectivity index (χ4v) is 5.25. The first kappa shape index (κ1) is 36.4. The van der Waals surface area contributed by atoms with Crippen molar-refractivity contribution >= 4 is 12.0 Å². The summed E-state index contributed by atoms with van der Waals surface area (Å²) in [6.07, 6.45) is -7.19. The second-order valence-electron chi connectivity index (χ2n) is 12.4. The van der Waals surface area contributed by atoms with Crippen molar-refractivity contribution in [3.8, 4) is 5.75 Å². The number of nitrogens with zero attached hydrogens (tertiary/aromatic N) is 4. The van der Waals surface area contributed by atoms with Crippen LogP contribution in [0.5, 0.6) is 5.75 Å². The molecule has 0 aliphatic carbocycles. The Hall–Kier alpha value is -4.03. The predicted molar refractivity (Wildman–Crippen MR) is 162 cm³/mol. The summed E-state index contributed by atoms with van der Waals surface area (Å²) in [5.74, 6) is -0.292. The topological polar surface area (TPSA) is 78.8 Å². The molecule has 1 aromatic heterocycles. The molecule has 7 nitrogen and oxygen atoms in total. The lowest BCUT2D eigenvalue weighted by Crippen LogP contribution is -2.51. The average Bonchev–Trinajstić information content (AvgIpc) is 2.94. The molecule has 0 bridgehead atoms. The van der Waals surface area contributed by atoms with E-state index in [1.807, 2.05) is 44.2 Å². The van der Waals surface area contributed by atoms with Gasteiger partial charge in [-0.15, -0.1) is 0 Å². The van der Waals surface area contributed by atoms with Crippen LogP contribution < -0.4 is 4.90 Å². The standard InChI is InChI=1S/C33H40F6N4O3/c1-7-27(43(30(45)46-31(4,5)6)22(3)13-23-11-9-8-10-12-23)14-21(2)42(29-40-18-28(44)19-41-29)20-24-15-25(32(34,35)36)17-26(16-24)33(37,38)39/h8-12,15-19,21-22,27,44H,7,13-14,20H2,1-6H3/t21-,22-,27-/m1/s1. The third kappa shape index (κ3) is 10.2. The normalized spacial score (nSPS) is 14.3. The van der Waals surface area contributed by atoms with E-state index in [4.69, 9.17) is 4.74 Å². The number of anilines is 1. The lowest BCUT2D eigenvalue weighted by molar-refractivity contribution is -0.143. The first-order valence-corrected chi connectivity index (χ1v) is 14.9. The summed E-state index contributed by atoms with van der Waals surface area (Å²) in [6, 6.07) is 9.60. The van der Waals surface area contributed by atoms with E-state index >= 15 is 0 Å². The molecule has 0 saturated carbocycles. The second-order valence-corrected chi connectivity index (χ2v) is 12.4. The van der Waals surface area contributed by atoms with E-state index < -0.39 is 53.8 Å². The molecule has 0 fully saturated rings. The Morgan fingerprint density at radius 2 is 1.41 bits per heavy atom. The number of hydrogen-bond acceptors (Lipinski definition) is 6. The van der Waals surface area contributed by atoms with Gasteiger partial charge in [-0.25, -0.2) is 14.8 Å². The molecule has 0 aliphatic heterocycles. The van der Waals surface area contributed by atoms with Gasteiger partial charge in [0.25, 0.3) is 0 Å². The molecular formula is C33H40F6N4O3. The highest BCUT2D eigenvalue weighted by molar-refractivity contribution is 5.69. The molecule has 3 aromatic rings. The van der Waals surface area contributed by atoms with E-state index in [9.17, 15) is 36.2 Å². The van der Waals surface area contributed by atoms with E-state index in [-0.39, 0.29) is 35.8 Å². The van der Waals surface area contributed by atoms with E-state index in [1.54, 1.807) is 32.6 Å². The molecule has 3 atom stereocenters. The Bertz CT molecular complexity index is 1390. The Morgan fingerprint density at radius 3 is 1.89 bits per heavy atom. The molecule has 1 heterocycles. The van der Waals surface area contributed by atoms with Crippen LogP contribution in [-0.4, -0.2) is 49.8 Å². The molecule has 1 amide bonds. The first-order chi connectivity index (χ1) is 21.3. The molecule has 0 saturated heterocycles. The van der Waals surface area contributed by atoms with Crippen molar-refractivity contribution in [3.05, 3.63) is 83.2 Å². The summed E-state index contributed by atoms with van der Waals surface area (Å²) in [5, 5.41) is 9.76. The van der Waals surface area contributed by atoms with E-state index in [1.165, 1.54) is 4.90 Å². The minimum Gasteiger partial charge on any atom is -0.505 e. The summed E-state index contributed by atoms with van der Waals surface area (Å²) in [4.78, 5) is 25.0. The van der Waals surface area contributed by atoms with Crippen LogP contribution in [0.4, 0.5) is 37.1 Å². The summed E-state index contributed by atoms with van der Waals surface area (Å²) < 4.78 is 87.7. The number of carbonyl (C=O) groups is 1. The molecule has 1 N–H and O–H groups in total. The third-order valence-corrected chi connectivity index (χ3v) is 7.34. The smallest absolute Gasteiger partial charge is 0.416 e. The number of carbonyl (C=O) groups excluding carboxylic acids is 1. The molecule has 252 valence electrons. The number of alkyl halides is 6. The van der Waals surface area contributed by atoms with Crippen molar-refractivity contribution in [3.63, 3.8) is 0 Å². The number of halogens is 6. The number of hydrogen-bond donors (Lipinski definition) is 1. The lowest BCUT2D eigenvalue weighted by Gasteiger charge is -2.40. The van der Waals surface area contributed by atoms with Crippen LogP contribution in [0, 0.1) is 0 Å². The van der Waals surface area contributed by atoms with Gasteiger partial charge in [-0.3, -0.25) is 0 Å². The molecule has 46 heavy (non-hydrogen) atoms. The average molecular weight is 655 g/mol. The summed E-state index contributed by atoms with van der Waals surface area (Å²) in [6.45, 7) is 10.3. The van der Waals surface area contributed by atoms with Crippen LogP contribution in [0.3, 0.4) is 0 Å². The van der Waals surface area contributed by atoms with E-state index in [2.05, 4.69) is 9.97 Å². The van der Waals surface area contributed by atoms with Crippen LogP contribution in [0.2, 0.25) is 0 Å². The molecule has 0 unspecified atom stereocenters. The van der Waals surface area contributed by atoms with Crippen molar-refractivity contribution in [1.82, 2.24) is 14.9 Å². The van der Waals surface area contributed by atoms with Crippen molar-refractivity contribution in [2.24, 2.45) is 0 Å². The Morgan fingerprint density at radius 1 is 0.870 bits per heavy atom. The SMILES string of the molecule is CC[C@H](C[C@@H](C)N(Cc1cc(C(F)(F)F)cc(C(F)(F)F)c1)c1ncc(O)cn1)N(C(=O)OC(C)(C)C)[C@H](C)Cc1ccccc1. The lowest BCUT2D eigenvalue weighted by atomic mass is 9.98. The predicted octanol–water partition coefficient (Wildman–Crippen LogP) is 8.65. The maximum absolute atomic E-state index is 13.6. The summed E-state index contributed by atoms with van der Waals surface area (Å²) >= 11 is 0. The molecular weight excluding hydrogens is 614 g/mol. The third-order valence-electron chi connectivity index (χ3n) is 7.34. The number of rotatable bonds is 11. The fraction of sp³-hybridized carbons (Fsp3) is 0.485. The Labute approximate surface area is 265 Å². The second kappa shape index (κ2) is 14.6. The zero-order chi connectivity index (χ0) is 34.4. The zero-order valence-electron chi connectivity index (χ0n) is 26.7. The van der Waals surface area contributed by atoms with Crippen LogP contribution in [0.25, 0.3) is 0 Å². The van der Waals surface area contributed by atoms with E-state index in [0.717, 1.165) is 18.0 Å². The van der Waals surface area contributed by atoms with Crippen LogP contribution in [-0.2, 0) is 30.1 Å². The van der Waals surface area contributed by atoms with Gasteiger partial charge < -0.3 is 19.6 Å². The highest BCUT2D eigenvalue weighted by Crippen LogP contribution is 2.37. The molecule has 2 aromatic carbocycles. The quantitative estimate of drug-likeness (QED) is 0.209. The zero-order valence-corrected chi connectivity index (χ0v) is 26.7. The molecule has 0 spiro atoms. The van der Waals surface area contributed by atoms with Crippen LogP contribution in [0.15, 0.2) is 60.9 Å². The van der Waals surface area contributed by atoms with Gasteiger partial charge in [0.15, 0.2) is 5.75 Å². The number of ether oxygens (including phenoxy) is 1. The highest BCUT2D eigenvalue weighted by Gasteiger charge is 2.38. The van der Waals surface area contributed by atoms with Crippen molar-refractivity contribution in [2.75, 3.05) is 4.90 Å². The van der Waals surface area contributed by atoms with Crippen molar-refractivity contribution in [1.29, 1.82) is 0 Å². The number of aromatic nitrogens is 2. The maximum Gasteiger partial charge on any atom is 0.416 e. The highest BCUT2D eigenvalue weighted by atomic mass is 19.4. The van der Waals surface area contributed by atoms with Gasteiger partial charge in [-0.05, 0) is 83.2 Å². The van der Waals surface area contributed by atoms with Gasteiger partial charge in [0.1, 0.15) is 5.60 Å². The van der Waals surface area contributed by atoms with Crippen LogP contribution in [0.1, 0.15) is 76.6 Å². The molecule has 0 aliphatic rings. The van der Waals surface area contributed by atoms with Gasteiger partial charge in [0.2, 0.25) is 5.95 Å². The van der Waals surface area contributed by atoms with Gasteiger partial charge in [0.05, 0.1) is 23.5 Å². The molecule has 13 heteroatoms. The number of benzene rings is 2. The summed E-state index contributed by atoms with van der Waals surface area (Å²) in [5.41, 5.74) is -2.93. The van der Waals surface area contributed by atoms with Gasteiger partial charge in [-0.2, -0.15) is 26.3 Å².